The minimum absolute atomic E-state index is 0.191. The van der Waals surface area contributed by atoms with Crippen molar-refractivity contribution in [3.05, 3.63) is 70.3 Å². The summed E-state index contributed by atoms with van der Waals surface area (Å²) in [5.74, 6) is 1.92. The molecule has 4 heterocycles. The van der Waals surface area contributed by atoms with Crippen molar-refractivity contribution >= 4 is 40.6 Å². The van der Waals surface area contributed by atoms with Gasteiger partial charge in [-0.2, -0.15) is 0 Å². The number of carbonyl (C=O) groups excluding carboxylic acids is 2. The maximum Gasteiger partial charge on any atom is 0.338 e. The first-order valence-corrected chi connectivity index (χ1v) is 10.5. The molecule has 0 aliphatic carbocycles. The number of fused-ring (bicyclic) bond motifs is 2. The van der Waals surface area contributed by atoms with Gasteiger partial charge in [-0.1, -0.05) is 6.07 Å². The van der Waals surface area contributed by atoms with Gasteiger partial charge in [-0.3, -0.25) is 4.79 Å². The van der Waals surface area contributed by atoms with E-state index in [1.807, 2.05) is 18.2 Å². The lowest BCUT2D eigenvalue weighted by atomic mass is 10.0. The van der Waals surface area contributed by atoms with E-state index in [4.69, 9.17) is 18.6 Å². The van der Waals surface area contributed by atoms with Crippen LogP contribution in [-0.4, -0.2) is 23.8 Å². The number of carbonyl (C=O) groups is 2. The highest BCUT2D eigenvalue weighted by molar-refractivity contribution is 8.18. The van der Waals surface area contributed by atoms with E-state index in [2.05, 4.69) is 10.3 Å². The van der Waals surface area contributed by atoms with Gasteiger partial charge in [0.1, 0.15) is 18.1 Å². The molecule has 0 spiro atoms. The van der Waals surface area contributed by atoms with Crippen molar-refractivity contribution in [3.8, 4) is 22.8 Å². The predicted molar refractivity (Wildman–Crippen MR) is 117 cm³/mol. The van der Waals surface area contributed by atoms with Crippen molar-refractivity contribution in [2.75, 3.05) is 6.79 Å². The number of ether oxygens (including phenoxy) is 3. The second-order valence-corrected chi connectivity index (χ2v) is 8.20. The zero-order valence-electron chi connectivity index (χ0n) is 16.4. The third-order valence-corrected chi connectivity index (χ3v) is 6.02. The van der Waals surface area contributed by atoms with E-state index in [0.717, 1.165) is 11.1 Å². The average molecular weight is 446 g/mol. The number of furan rings is 1. The molecule has 0 radical (unpaired) electrons. The number of hydrogen-bond donors (Lipinski definition) is 1. The van der Waals surface area contributed by atoms with Gasteiger partial charge in [-0.25, -0.2) is 9.79 Å². The van der Waals surface area contributed by atoms with Crippen LogP contribution in [0.3, 0.4) is 0 Å². The summed E-state index contributed by atoms with van der Waals surface area (Å²) in [5, 5.41) is 3.23. The van der Waals surface area contributed by atoms with Gasteiger partial charge in [-0.15, -0.1) is 0 Å². The van der Waals surface area contributed by atoms with Crippen LogP contribution in [0, 0.1) is 0 Å². The molecule has 2 aromatic carbocycles. The highest BCUT2D eigenvalue weighted by atomic mass is 32.2. The first-order chi connectivity index (χ1) is 15.6. The quantitative estimate of drug-likeness (QED) is 0.475. The van der Waals surface area contributed by atoms with E-state index in [9.17, 15) is 9.59 Å². The Morgan fingerprint density at radius 3 is 2.81 bits per heavy atom. The Bertz CT molecular complexity index is 1360. The number of rotatable bonds is 3. The third kappa shape index (κ3) is 3.32. The molecule has 0 saturated carbocycles. The molecule has 1 aromatic heterocycles. The zero-order chi connectivity index (χ0) is 21.7. The number of amidine groups is 1. The number of amides is 1. The number of aliphatic imine (C=N–C) groups is 1. The van der Waals surface area contributed by atoms with Crippen molar-refractivity contribution in [2.24, 2.45) is 4.99 Å². The lowest BCUT2D eigenvalue weighted by molar-refractivity contribution is -0.115. The highest BCUT2D eigenvalue weighted by Gasteiger charge is 2.25. The molecular formula is C23H14N2O6S. The summed E-state index contributed by atoms with van der Waals surface area (Å²) in [4.78, 5) is 28.9. The Balaban J connectivity index is 1.22. The summed E-state index contributed by atoms with van der Waals surface area (Å²) in [6.45, 7) is 0.456. The molecule has 8 nitrogen and oxygen atoms in total. The highest BCUT2D eigenvalue weighted by Crippen LogP contribution is 2.36. The van der Waals surface area contributed by atoms with Crippen LogP contribution in [0.15, 0.2) is 62.8 Å². The van der Waals surface area contributed by atoms with E-state index in [1.54, 1.807) is 36.4 Å². The summed E-state index contributed by atoms with van der Waals surface area (Å²) < 4.78 is 21.6. The molecule has 1 N–H and O–H groups in total. The fourth-order valence-electron chi connectivity index (χ4n) is 3.55. The van der Waals surface area contributed by atoms with Crippen LogP contribution in [0.25, 0.3) is 17.4 Å². The van der Waals surface area contributed by atoms with Gasteiger partial charge in [0.05, 0.1) is 16.2 Å². The molecule has 9 heteroatoms. The molecule has 32 heavy (non-hydrogen) atoms. The summed E-state index contributed by atoms with van der Waals surface area (Å²) >= 11 is 1.23. The number of benzene rings is 2. The lowest BCUT2D eigenvalue weighted by Crippen LogP contribution is -2.19. The second-order valence-electron chi connectivity index (χ2n) is 7.17. The van der Waals surface area contributed by atoms with Crippen molar-refractivity contribution < 1.29 is 28.2 Å². The van der Waals surface area contributed by atoms with Gasteiger partial charge in [0, 0.05) is 23.3 Å². The molecular weight excluding hydrogens is 432 g/mol. The molecule has 0 unspecified atom stereocenters. The zero-order valence-corrected chi connectivity index (χ0v) is 17.2. The molecule has 3 aromatic rings. The molecule has 0 atom stereocenters. The van der Waals surface area contributed by atoms with Crippen LogP contribution in [0.2, 0.25) is 0 Å². The summed E-state index contributed by atoms with van der Waals surface area (Å²) in [6.07, 6.45) is 1.67. The van der Waals surface area contributed by atoms with Crippen molar-refractivity contribution in [3.63, 3.8) is 0 Å². The summed E-state index contributed by atoms with van der Waals surface area (Å²) in [5.41, 5.74) is 2.90. The van der Waals surface area contributed by atoms with Crippen LogP contribution in [-0.2, 0) is 16.1 Å². The number of hydrogen-bond acceptors (Lipinski definition) is 8. The molecule has 0 bridgehead atoms. The van der Waals surface area contributed by atoms with Gasteiger partial charge in [-0.05, 0) is 48.2 Å². The molecule has 3 aliphatic heterocycles. The average Bonchev–Trinajstić information content (AvgIpc) is 3.57. The van der Waals surface area contributed by atoms with Gasteiger partial charge >= 0.3 is 5.97 Å². The number of nitrogens with one attached hydrogen (secondary N) is 1. The number of thioether (sulfide) groups is 1. The van der Waals surface area contributed by atoms with E-state index in [1.165, 1.54) is 11.8 Å². The standard InChI is InChI=1S/C23H14N2O6S/c26-21-20(32-23(25-21)24-14-2-5-18-19(8-14)30-11-29-18)9-15-3-6-17(31-15)12-1-4-16-13(7-12)10-28-22(16)27/h1-9H,10-11H2,(H,24,25,26)/b20-9-. The Kier molecular flexibility index (Phi) is 4.29. The van der Waals surface area contributed by atoms with E-state index in [0.29, 0.717) is 44.3 Å². The number of esters is 1. The first kappa shape index (κ1) is 18.8. The maximum absolute atomic E-state index is 12.4. The van der Waals surface area contributed by atoms with E-state index in [-0.39, 0.29) is 25.3 Å². The second kappa shape index (κ2) is 7.31. The summed E-state index contributed by atoms with van der Waals surface area (Å²) in [6, 6.07) is 14.4. The molecule has 158 valence electrons. The van der Waals surface area contributed by atoms with Crippen LogP contribution in [0.1, 0.15) is 21.7 Å². The first-order valence-electron chi connectivity index (χ1n) is 9.72. The van der Waals surface area contributed by atoms with Crippen molar-refractivity contribution in [2.45, 2.75) is 6.61 Å². The van der Waals surface area contributed by atoms with Crippen molar-refractivity contribution in [1.82, 2.24) is 5.32 Å². The Morgan fingerprint density at radius 2 is 1.88 bits per heavy atom. The predicted octanol–water partition coefficient (Wildman–Crippen LogP) is 4.24. The Morgan fingerprint density at radius 1 is 0.969 bits per heavy atom. The van der Waals surface area contributed by atoms with Gasteiger partial charge in [0.2, 0.25) is 6.79 Å². The molecule has 1 fully saturated rings. The molecule has 3 aliphatic rings. The van der Waals surface area contributed by atoms with Gasteiger partial charge < -0.3 is 23.9 Å². The molecule has 1 saturated heterocycles. The SMILES string of the molecule is O=C1NC(=Nc2ccc3c(c2)OCO3)S/C1=C\c1ccc(-c2ccc3c(c2)COC3=O)o1. The van der Waals surface area contributed by atoms with Crippen LogP contribution >= 0.6 is 11.8 Å². The van der Waals surface area contributed by atoms with Crippen LogP contribution in [0.5, 0.6) is 11.5 Å². The van der Waals surface area contributed by atoms with Crippen LogP contribution in [0.4, 0.5) is 5.69 Å². The minimum atomic E-state index is -0.307. The fraction of sp³-hybridized carbons (Fsp3) is 0.0870. The lowest BCUT2D eigenvalue weighted by Gasteiger charge is -1.99. The fourth-order valence-corrected chi connectivity index (χ4v) is 4.38. The number of cyclic esters (lactones) is 1. The largest absolute Gasteiger partial charge is 0.457 e. The third-order valence-electron chi connectivity index (χ3n) is 5.11. The number of nitrogens with zero attached hydrogens (tertiary/aromatic N) is 1. The Labute approximate surface area is 185 Å². The molecule has 6 rings (SSSR count). The summed E-state index contributed by atoms with van der Waals surface area (Å²) in [7, 11) is 0. The smallest absolute Gasteiger partial charge is 0.338 e. The van der Waals surface area contributed by atoms with Crippen LogP contribution < -0.4 is 14.8 Å². The van der Waals surface area contributed by atoms with E-state index < -0.39 is 0 Å². The Hall–Kier alpha value is -3.98. The normalized spacial score (nSPS) is 18.9. The van der Waals surface area contributed by atoms with Gasteiger partial charge in [0.25, 0.3) is 5.91 Å². The molecule has 1 amide bonds. The van der Waals surface area contributed by atoms with E-state index >= 15 is 0 Å². The van der Waals surface area contributed by atoms with Crippen molar-refractivity contribution in [1.29, 1.82) is 0 Å². The monoisotopic (exact) mass is 446 g/mol. The maximum atomic E-state index is 12.4. The topological polar surface area (TPSA) is 99.4 Å². The van der Waals surface area contributed by atoms with Gasteiger partial charge in [0.15, 0.2) is 16.7 Å². The minimum Gasteiger partial charge on any atom is -0.457 e.